The normalized spacial score (nSPS) is 11.3. The zero-order valence-electron chi connectivity index (χ0n) is 12.8. The zero-order valence-corrected chi connectivity index (χ0v) is 12.8. The molecule has 0 bridgehead atoms. The van der Waals surface area contributed by atoms with Crippen LogP contribution in [-0.4, -0.2) is 15.9 Å². The lowest BCUT2D eigenvalue weighted by Crippen LogP contribution is -2.16. The Kier molecular flexibility index (Phi) is 4.22. The van der Waals surface area contributed by atoms with Crippen LogP contribution >= 0.6 is 0 Å². The molecule has 0 aliphatic rings. The minimum Gasteiger partial charge on any atom is -0.366 e. The van der Waals surface area contributed by atoms with Gasteiger partial charge in [0.25, 0.3) is 0 Å². The Balaban J connectivity index is 2.40. The van der Waals surface area contributed by atoms with Crippen LogP contribution in [0.1, 0.15) is 15.9 Å². The second-order valence-electron chi connectivity index (χ2n) is 5.27. The van der Waals surface area contributed by atoms with Gasteiger partial charge in [0.15, 0.2) is 0 Å². The molecule has 0 aliphatic heterocycles. The van der Waals surface area contributed by atoms with Gasteiger partial charge in [0.1, 0.15) is 6.33 Å². The van der Waals surface area contributed by atoms with Gasteiger partial charge in [-0.3, -0.25) is 4.79 Å². The van der Waals surface area contributed by atoms with Crippen LogP contribution in [0.5, 0.6) is 0 Å². The number of carbonyl (C=O) groups is 1. The van der Waals surface area contributed by atoms with E-state index in [0.29, 0.717) is 11.3 Å². The summed E-state index contributed by atoms with van der Waals surface area (Å²) in [5, 5.41) is 0. The third-order valence-corrected chi connectivity index (χ3v) is 3.65. The molecular weight excluding hydrogens is 331 g/mol. The number of amides is 1. The van der Waals surface area contributed by atoms with Crippen molar-refractivity contribution in [3.8, 4) is 22.4 Å². The molecule has 0 saturated heterocycles. The first kappa shape index (κ1) is 16.6. The highest BCUT2D eigenvalue weighted by Gasteiger charge is 2.33. The summed E-state index contributed by atoms with van der Waals surface area (Å²) in [5.41, 5.74) is 5.48. The van der Waals surface area contributed by atoms with Crippen LogP contribution in [-0.2, 0) is 6.18 Å². The van der Waals surface area contributed by atoms with E-state index in [0.717, 1.165) is 12.1 Å². The Bertz CT molecular complexity index is 910. The number of benzene rings is 2. The van der Waals surface area contributed by atoms with Gasteiger partial charge in [-0.25, -0.2) is 9.97 Å². The molecule has 0 radical (unpaired) electrons. The molecular formula is C18H12F3N3O. The first-order valence-electron chi connectivity index (χ1n) is 7.25. The van der Waals surface area contributed by atoms with Crippen molar-refractivity contribution in [2.45, 2.75) is 6.18 Å². The predicted octanol–water partition coefficient (Wildman–Crippen LogP) is 3.93. The Morgan fingerprint density at radius 3 is 2.32 bits per heavy atom. The molecule has 126 valence electrons. The van der Waals surface area contributed by atoms with Crippen molar-refractivity contribution < 1.29 is 18.0 Å². The molecule has 0 saturated carbocycles. The highest BCUT2D eigenvalue weighted by molar-refractivity contribution is 6.03. The molecule has 2 aromatic carbocycles. The number of hydrogen-bond acceptors (Lipinski definition) is 3. The van der Waals surface area contributed by atoms with Gasteiger partial charge in [0, 0.05) is 17.3 Å². The van der Waals surface area contributed by atoms with Crippen molar-refractivity contribution in [2.75, 3.05) is 0 Å². The van der Waals surface area contributed by atoms with E-state index in [2.05, 4.69) is 9.97 Å². The largest absolute Gasteiger partial charge is 0.416 e. The summed E-state index contributed by atoms with van der Waals surface area (Å²) in [4.78, 5) is 19.7. The maximum absolute atomic E-state index is 13.3. The highest BCUT2D eigenvalue weighted by Crippen LogP contribution is 2.39. The van der Waals surface area contributed by atoms with Crippen molar-refractivity contribution in [1.29, 1.82) is 0 Å². The SMILES string of the molecule is NC(=O)c1cc(C(F)(F)F)cc(-c2ccccc2)c1-c1ccncn1. The van der Waals surface area contributed by atoms with E-state index in [-0.39, 0.29) is 16.7 Å². The molecule has 0 aliphatic carbocycles. The number of nitrogens with zero attached hydrogens (tertiary/aromatic N) is 2. The molecule has 0 spiro atoms. The number of halogens is 3. The highest BCUT2D eigenvalue weighted by atomic mass is 19.4. The van der Waals surface area contributed by atoms with Crippen molar-refractivity contribution in [1.82, 2.24) is 9.97 Å². The third-order valence-electron chi connectivity index (χ3n) is 3.65. The van der Waals surface area contributed by atoms with Crippen molar-refractivity contribution in [2.24, 2.45) is 5.73 Å². The lowest BCUT2D eigenvalue weighted by Gasteiger charge is -2.17. The summed E-state index contributed by atoms with van der Waals surface area (Å²) < 4.78 is 39.9. The number of nitrogens with two attached hydrogens (primary N) is 1. The number of primary amides is 1. The van der Waals surface area contributed by atoms with E-state index < -0.39 is 17.6 Å². The van der Waals surface area contributed by atoms with Gasteiger partial charge in [-0.1, -0.05) is 30.3 Å². The molecule has 0 unspecified atom stereocenters. The van der Waals surface area contributed by atoms with Crippen molar-refractivity contribution in [3.05, 3.63) is 72.2 Å². The summed E-state index contributed by atoms with van der Waals surface area (Å²) in [5.74, 6) is -0.961. The second kappa shape index (κ2) is 6.35. The van der Waals surface area contributed by atoms with Crippen LogP contribution in [0.4, 0.5) is 13.2 Å². The molecule has 0 atom stereocenters. The summed E-state index contributed by atoms with van der Waals surface area (Å²) >= 11 is 0. The van der Waals surface area contributed by atoms with Crippen LogP contribution in [0.3, 0.4) is 0 Å². The van der Waals surface area contributed by atoms with E-state index in [1.54, 1.807) is 30.3 Å². The third kappa shape index (κ3) is 3.35. The fourth-order valence-corrected chi connectivity index (χ4v) is 2.56. The molecule has 1 aromatic heterocycles. The quantitative estimate of drug-likeness (QED) is 0.783. The number of rotatable bonds is 3. The summed E-state index contributed by atoms with van der Waals surface area (Å²) in [6.07, 6.45) is -1.91. The van der Waals surface area contributed by atoms with Crippen LogP contribution in [0, 0.1) is 0 Å². The molecule has 3 rings (SSSR count). The average Bonchev–Trinajstić information content (AvgIpc) is 2.61. The van der Waals surface area contributed by atoms with Crippen LogP contribution < -0.4 is 5.73 Å². The lowest BCUT2D eigenvalue weighted by atomic mass is 9.90. The Hall–Kier alpha value is -3.22. The van der Waals surface area contributed by atoms with E-state index in [1.807, 2.05) is 0 Å². The van der Waals surface area contributed by atoms with Crippen molar-refractivity contribution in [3.63, 3.8) is 0 Å². The van der Waals surface area contributed by atoms with Gasteiger partial charge in [0.2, 0.25) is 5.91 Å². The maximum atomic E-state index is 13.3. The molecule has 0 fully saturated rings. The van der Waals surface area contributed by atoms with Crippen LogP contribution in [0.25, 0.3) is 22.4 Å². The topological polar surface area (TPSA) is 68.9 Å². The second-order valence-corrected chi connectivity index (χ2v) is 5.27. The van der Waals surface area contributed by atoms with Gasteiger partial charge in [-0.2, -0.15) is 13.2 Å². The molecule has 2 N–H and O–H groups in total. The molecule has 1 heterocycles. The van der Waals surface area contributed by atoms with E-state index in [4.69, 9.17) is 5.73 Å². The molecule has 1 amide bonds. The van der Waals surface area contributed by atoms with Gasteiger partial charge >= 0.3 is 6.18 Å². The summed E-state index contributed by atoms with van der Waals surface area (Å²) in [6, 6.07) is 11.7. The fourth-order valence-electron chi connectivity index (χ4n) is 2.56. The Morgan fingerprint density at radius 2 is 1.76 bits per heavy atom. The standard InChI is InChI=1S/C18H12F3N3O/c19-18(20,21)12-8-13(11-4-2-1-3-5-11)16(14(9-12)17(22)25)15-6-7-23-10-24-15/h1-10H,(H2,22,25). The van der Waals surface area contributed by atoms with E-state index in [9.17, 15) is 18.0 Å². The van der Waals surface area contributed by atoms with Gasteiger partial charge in [-0.15, -0.1) is 0 Å². The van der Waals surface area contributed by atoms with Crippen LogP contribution in [0.2, 0.25) is 0 Å². The lowest BCUT2D eigenvalue weighted by molar-refractivity contribution is -0.137. The smallest absolute Gasteiger partial charge is 0.366 e. The summed E-state index contributed by atoms with van der Waals surface area (Å²) in [6.45, 7) is 0. The Labute approximate surface area is 141 Å². The molecule has 4 nitrogen and oxygen atoms in total. The minimum atomic E-state index is -4.61. The van der Waals surface area contributed by atoms with Gasteiger partial charge < -0.3 is 5.73 Å². The molecule has 3 aromatic rings. The number of carbonyl (C=O) groups excluding carboxylic acids is 1. The molecule has 7 heteroatoms. The first-order chi connectivity index (χ1) is 11.9. The zero-order chi connectivity index (χ0) is 18.0. The average molecular weight is 343 g/mol. The fraction of sp³-hybridized carbons (Fsp3) is 0.0556. The van der Waals surface area contributed by atoms with Gasteiger partial charge in [0.05, 0.1) is 11.3 Å². The first-order valence-corrected chi connectivity index (χ1v) is 7.25. The maximum Gasteiger partial charge on any atom is 0.416 e. The minimum absolute atomic E-state index is 0.225. The predicted molar refractivity (Wildman–Crippen MR) is 86.4 cm³/mol. The van der Waals surface area contributed by atoms with Gasteiger partial charge in [-0.05, 0) is 29.3 Å². The number of hydrogen-bond donors (Lipinski definition) is 1. The monoisotopic (exact) mass is 343 g/mol. The molecule has 25 heavy (non-hydrogen) atoms. The summed E-state index contributed by atoms with van der Waals surface area (Å²) in [7, 11) is 0. The van der Waals surface area contributed by atoms with E-state index >= 15 is 0 Å². The number of aromatic nitrogens is 2. The van der Waals surface area contributed by atoms with E-state index in [1.165, 1.54) is 18.6 Å². The van der Waals surface area contributed by atoms with Crippen LogP contribution in [0.15, 0.2) is 61.1 Å². The number of alkyl halides is 3. The Morgan fingerprint density at radius 1 is 1.04 bits per heavy atom. The van der Waals surface area contributed by atoms with Crippen molar-refractivity contribution >= 4 is 5.91 Å².